The van der Waals surface area contributed by atoms with Crippen molar-refractivity contribution < 1.29 is 14.3 Å². The van der Waals surface area contributed by atoms with Crippen LogP contribution in [0.2, 0.25) is 0 Å². The lowest BCUT2D eigenvalue weighted by atomic mass is 10.1. The van der Waals surface area contributed by atoms with Gasteiger partial charge in [0.1, 0.15) is 5.75 Å². The Balaban J connectivity index is 2.65. The number of hydrogen-bond acceptors (Lipinski definition) is 4. The van der Waals surface area contributed by atoms with E-state index in [9.17, 15) is 9.59 Å². The Morgan fingerprint density at radius 2 is 2.11 bits per heavy atom. The maximum absolute atomic E-state index is 11.7. The summed E-state index contributed by atoms with van der Waals surface area (Å²) in [6.45, 7) is 1.82. The minimum absolute atomic E-state index is 0.170. The van der Waals surface area contributed by atoms with Crippen molar-refractivity contribution in [3.05, 3.63) is 29.8 Å². The molecule has 0 fully saturated rings. The number of carbonyl (C=O) groups is 2. The summed E-state index contributed by atoms with van der Waals surface area (Å²) in [6, 6.07) is 6.18. The number of nitrogens with two attached hydrogens (primary N) is 2. The lowest BCUT2D eigenvalue weighted by Gasteiger charge is -2.17. The second-order valence-electron chi connectivity index (χ2n) is 4.28. The number of nitrogens with one attached hydrogen (secondary N) is 1. The van der Waals surface area contributed by atoms with E-state index in [0.717, 1.165) is 5.56 Å². The van der Waals surface area contributed by atoms with Crippen molar-refractivity contribution in [2.45, 2.75) is 25.4 Å². The van der Waals surface area contributed by atoms with Crippen LogP contribution in [0.5, 0.6) is 5.75 Å². The van der Waals surface area contributed by atoms with Gasteiger partial charge < -0.3 is 21.5 Å². The summed E-state index contributed by atoms with van der Waals surface area (Å²) in [6.07, 6.45) is -0.170. The van der Waals surface area contributed by atoms with Crippen molar-refractivity contribution in [3.8, 4) is 5.75 Å². The first-order valence-corrected chi connectivity index (χ1v) is 5.92. The number of carbonyl (C=O) groups excluding carboxylic acids is 2. The summed E-state index contributed by atoms with van der Waals surface area (Å²) < 4.78 is 5.11. The van der Waals surface area contributed by atoms with Gasteiger partial charge in [0.05, 0.1) is 25.6 Å². The molecule has 0 bridgehead atoms. The summed E-state index contributed by atoms with van der Waals surface area (Å²) in [5.41, 5.74) is 11.4. The van der Waals surface area contributed by atoms with Gasteiger partial charge in [-0.3, -0.25) is 9.59 Å². The Bertz CT molecular complexity index is 462. The molecule has 2 atom stereocenters. The molecule has 1 aromatic carbocycles. The molecule has 0 heterocycles. The minimum Gasteiger partial charge on any atom is -0.497 e. The molecule has 5 N–H and O–H groups in total. The van der Waals surface area contributed by atoms with Gasteiger partial charge in [-0.1, -0.05) is 12.1 Å². The summed E-state index contributed by atoms with van der Waals surface area (Å²) in [7, 11) is 1.57. The normalized spacial score (nSPS) is 13.4. The summed E-state index contributed by atoms with van der Waals surface area (Å²) in [4.78, 5) is 22.4. The lowest BCUT2D eigenvalue weighted by Crippen LogP contribution is -2.43. The summed E-state index contributed by atoms with van der Waals surface area (Å²) in [5, 5.41) is 2.73. The first kappa shape index (κ1) is 15.0. The second kappa shape index (κ2) is 6.75. The van der Waals surface area contributed by atoms with Crippen LogP contribution in [0.25, 0.3) is 0 Å². The van der Waals surface area contributed by atoms with E-state index >= 15 is 0 Å². The Hall–Kier alpha value is -2.08. The zero-order valence-electron chi connectivity index (χ0n) is 11.1. The van der Waals surface area contributed by atoms with E-state index in [1.807, 2.05) is 31.2 Å². The van der Waals surface area contributed by atoms with Gasteiger partial charge >= 0.3 is 0 Å². The van der Waals surface area contributed by atoms with Gasteiger partial charge in [-0.2, -0.15) is 0 Å². The van der Waals surface area contributed by atoms with Crippen LogP contribution in [0.1, 0.15) is 24.9 Å². The molecular weight excluding hydrogens is 246 g/mol. The Kier molecular flexibility index (Phi) is 5.32. The van der Waals surface area contributed by atoms with Crippen molar-refractivity contribution in [1.82, 2.24) is 5.32 Å². The third-order valence-corrected chi connectivity index (χ3v) is 2.71. The predicted octanol–water partition coefficient (Wildman–Crippen LogP) is 0.0751. The quantitative estimate of drug-likeness (QED) is 0.676. The van der Waals surface area contributed by atoms with Crippen LogP contribution in [0, 0.1) is 0 Å². The third kappa shape index (κ3) is 4.59. The SMILES string of the molecule is COc1cccc([C@H](C)NC(=O)C(N)CC(N)=O)c1. The molecule has 0 saturated carbocycles. The van der Waals surface area contributed by atoms with Crippen LogP contribution in [0.4, 0.5) is 0 Å². The van der Waals surface area contributed by atoms with Crippen molar-refractivity contribution >= 4 is 11.8 Å². The largest absolute Gasteiger partial charge is 0.497 e. The molecule has 0 saturated heterocycles. The van der Waals surface area contributed by atoms with Gasteiger partial charge in [-0.05, 0) is 24.6 Å². The lowest BCUT2D eigenvalue weighted by molar-refractivity contribution is -0.126. The van der Waals surface area contributed by atoms with Crippen molar-refractivity contribution in [3.63, 3.8) is 0 Å². The number of hydrogen-bond donors (Lipinski definition) is 3. The van der Waals surface area contributed by atoms with E-state index in [2.05, 4.69) is 5.32 Å². The van der Waals surface area contributed by atoms with E-state index in [1.165, 1.54) is 0 Å². The van der Waals surface area contributed by atoms with Crippen LogP contribution >= 0.6 is 0 Å². The van der Waals surface area contributed by atoms with Crippen molar-refractivity contribution in [2.24, 2.45) is 11.5 Å². The molecule has 0 aromatic heterocycles. The summed E-state index contributed by atoms with van der Waals surface area (Å²) in [5.74, 6) is -0.300. The molecule has 0 aliphatic heterocycles. The van der Waals surface area contributed by atoms with Crippen LogP contribution < -0.4 is 21.5 Å². The van der Waals surface area contributed by atoms with Crippen LogP contribution in [0.3, 0.4) is 0 Å². The van der Waals surface area contributed by atoms with Gasteiger partial charge in [0.15, 0.2) is 0 Å². The third-order valence-electron chi connectivity index (χ3n) is 2.71. The van der Waals surface area contributed by atoms with Crippen LogP contribution in [0.15, 0.2) is 24.3 Å². The number of benzene rings is 1. The topological polar surface area (TPSA) is 107 Å². The highest BCUT2D eigenvalue weighted by Gasteiger charge is 2.18. The molecule has 1 unspecified atom stereocenters. The average Bonchev–Trinajstić information content (AvgIpc) is 2.37. The average molecular weight is 265 g/mol. The first-order chi connectivity index (χ1) is 8.93. The zero-order chi connectivity index (χ0) is 14.4. The Morgan fingerprint density at radius 3 is 2.68 bits per heavy atom. The fraction of sp³-hybridized carbons (Fsp3) is 0.385. The predicted molar refractivity (Wildman–Crippen MR) is 71.3 cm³/mol. The number of primary amides is 1. The molecule has 19 heavy (non-hydrogen) atoms. The maximum atomic E-state index is 11.7. The maximum Gasteiger partial charge on any atom is 0.237 e. The molecule has 2 amide bonds. The molecule has 0 spiro atoms. The minimum atomic E-state index is -0.925. The van der Waals surface area contributed by atoms with Crippen molar-refractivity contribution in [2.75, 3.05) is 7.11 Å². The fourth-order valence-electron chi connectivity index (χ4n) is 1.62. The second-order valence-corrected chi connectivity index (χ2v) is 4.28. The Morgan fingerprint density at radius 1 is 1.42 bits per heavy atom. The van der Waals surface area contributed by atoms with E-state index < -0.39 is 17.9 Å². The van der Waals surface area contributed by atoms with E-state index in [-0.39, 0.29) is 12.5 Å². The number of ether oxygens (including phenoxy) is 1. The van der Waals surface area contributed by atoms with E-state index in [4.69, 9.17) is 16.2 Å². The van der Waals surface area contributed by atoms with Crippen LogP contribution in [-0.2, 0) is 9.59 Å². The van der Waals surface area contributed by atoms with Gasteiger partial charge in [0.2, 0.25) is 11.8 Å². The molecule has 1 rings (SSSR count). The van der Waals surface area contributed by atoms with Gasteiger partial charge in [-0.15, -0.1) is 0 Å². The smallest absolute Gasteiger partial charge is 0.237 e. The highest BCUT2D eigenvalue weighted by atomic mass is 16.5. The van der Waals surface area contributed by atoms with E-state index in [1.54, 1.807) is 7.11 Å². The van der Waals surface area contributed by atoms with Gasteiger partial charge in [0.25, 0.3) is 0 Å². The highest BCUT2D eigenvalue weighted by Crippen LogP contribution is 2.18. The molecule has 6 heteroatoms. The zero-order valence-corrected chi connectivity index (χ0v) is 11.1. The molecule has 104 valence electrons. The van der Waals surface area contributed by atoms with Gasteiger partial charge in [-0.25, -0.2) is 0 Å². The fourth-order valence-corrected chi connectivity index (χ4v) is 1.62. The van der Waals surface area contributed by atoms with Gasteiger partial charge in [0, 0.05) is 0 Å². The molecule has 0 radical (unpaired) electrons. The first-order valence-electron chi connectivity index (χ1n) is 5.92. The van der Waals surface area contributed by atoms with Crippen molar-refractivity contribution in [1.29, 1.82) is 0 Å². The standard InChI is InChI=1S/C13H19N3O3/c1-8(9-4-3-5-10(6-9)19-2)16-13(18)11(14)7-12(15)17/h3-6,8,11H,7,14H2,1-2H3,(H2,15,17)(H,16,18)/t8-,11?/m0/s1. The summed E-state index contributed by atoms with van der Waals surface area (Å²) >= 11 is 0. The van der Waals surface area contributed by atoms with E-state index in [0.29, 0.717) is 5.75 Å². The van der Waals surface area contributed by atoms with Crippen LogP contribution in [-0.4, -0.2) is 25.0 Å². The molecule has 0 aliphatic carbocycles. The Labute approximate surface area is 112 Å². The number of methoxy groups -OCH3 is 1. The monoisotopic (exact) mass is 265 g/mol. The molecule has 6 nitrogen and oxygen atoms in total. The molecule has 1 aromatic rings. The molecule has 0 aliphatic rings. The molecular formula is C13H19N3O3. The number of amides is 2. The highest BCUT2D eigenvalue weighted by molar-refractivity contribution is 5.87. The number of rotatable bonds is 6.